The molecule has 3 aromatic rings. The van der Waals surface area contributed by atoms with Gasteiger partial charge in [-0.25, -0.2) is 0 Å². The van der Waals surface area contributed by atoms with Crippen LogP contribution >= 0.6 is 0 Å². The summed E-state index contributed by atoms with van der Waals surface area (Å²) in [6.45, 7) is 0. The maximum Gasteiger partial charge on any atom is 0.124 e. The molecule has 2 nitrogen and oxygen atoms in total. The van der Waals surface area contributed by atoms with Crippen molar-refractivity contribution in [3.63, 3.8) is 0 Å². The van der Waals surface area contributed by atoms with Crippen molar-refractivity contribution >= 4 is 10.9 Å². The van der Waals surface area contributed by atoms with Gasteiger partial charge in [-0.3, -0.25) is 0 Å². The number of hydrogen-bond acceptors (Lipinski definition) is 1. The van der Waals surface area contributed by atoms with E-state index in [9.17, 15) is 0 Å². The van der Waals surface area contributed by atoms with Gasteiger partial charge in [0.05, 0.1) is 18.4 Å². The first-order chi connectivity index (χ1) is 8.38. The van der Waals surface area contributed by atoms with Gasteiger partial charge in [-0.15, -0.1) is 6.42 Å². The summed E-state index contributed by atoms with van der Waals surface area (Å²) < 4.78 is 5.39. The lowest BCUT2D eigenvalue weighted by molar-refractivity contribution is 0.526. The van der Waals surface area contributed by atoms with E-state index in [1.54, 1.807) is 6.26 Å². The van der Waals surface area contributed by atoms with Gasteiger partial charge in [0.2, 0.25) is 0 Å². The van der Waals surface area contributed by atoms with E-state index in [0.29, 0.717) is 6.42 Å². The Morgan fingerprint density at radius 2 is 2.12 bits per heavy atom. The number of fused-ring (bicyclic) bond motifs is 1. The van der Waals surface area contributed by atoms with Crippen LogP contribution in [0.15, 0.2) is 47.1 Å². The summed E-state index contributed by atoms with van der Waals surface area (Å²) in [5.41, 5.74) is 3.21. The number of para-hydroxylation sites is 1. The molecular formula is C15H11NO. The Hall–Kier alpha value is -2.40. The first-order valence-corrected chi connectivity index (χ1v) is 5.46. The molecule has 82 valence electrons. The number of aromatic amines is 1. The van der Waals surface area contributed by atoms with Crippen LogP contribution in [0.3, 0.4) is 0 Å². The molecule has 1 aromatic carbocycles. The predicted octanol–water partition coefficient (Wildman–Crippen LogP) is 3.60. The van der Waals surface area contributed by atoms with Crippen molar-refractivity contribution in [1.29, 1.82) is 0 Å². The van der Waals surface area contributed by atoms with E-state index >= 15 is 0 Å². The lowest BCUT2D eigenvalue weighted by Gasteiger charge is -1.95. The Morgan fingerprint density at radius 3 is 2.94 bits per heavy atom. The molecule has 3 rings (SSSR count). The van der Waals surface area contributed by atoms with E-state index in [1.165, 1.54) is 5.39 Å². The zero-order valence-corrected chi connectivity index (χ0v) is 9.23. The molecule has 0 spiro atoms. The number of hydrogen-bond donors (Lipinski definition) is 1. The average Bonchev–Trinajstić information content (AvgIpc) is 2.94. The summed E-state index contributed by atoms with van der Waals surface area (Å²) in [5, 5.41) is 1.19. The number of rotatable bonds is 2. The fourth-order valence-electron chi connectivity index (χ4n) is 2.03. The van der Waals surface area contributed by atoms with Crippen molar-refractivity contribution in [2.75, 3.05) is 0 Å². The van der Waals surface area contributed by atoms with Crippen molar-refractivity contribution in [3.05, 3.63) is 48.4 Å². The number of furan rings is 1. The molecule has 0 radical (unpaired) electrons. The zero-order chi connectivity index (χ0) is 11.7. The van der Waals surface area contributed by atoms with Crippen LogP contribution in [0.1, 0.15) is 5.76 Å². The molecule has 2 heteroatoms. The van der Waals surface area contributed by atoms with Crippen LogP contribution in [0, 0.1) is 12.3 Å². The standard InChI is InChI=1S/C15H11NO/c1-2-5-15-12(8-9-17-15)14-10-11-6-3-4-7-13(11)16-14/h1,3-4,6-10,16H,5H2. The molecule has 0 atom stereocenters. The number of nitrogens with one attached hydrogen (secondary N) is 1. The molecule has 1 N–H and O–H groups in total. The third kappa shape index (κ3) is 1.62. The van der Waals surface area contributed by atoms with E-state index in [0.717, 1.165) is 22.5 Å². The van der Waals surface area contributed by atoms with Gasteiger partial charge in [0.1, 0.15) is 5.76 Å². The van der Waals surface area contributed by atoms with Gasteiger partial charge in [-0.2, -0.15) is 0 Å². The van der Waals surface area contributed by atoms with Crippen LogP contribution < -0.4 is 0 Å². The van der Waals surface area contributed by atoms with Gasteiger partial charge in [0.15, 0.2) is 0 Å². The lowest BCUT2D eigenvalue weighted by Crippen LogP contribution is -1.82. The van der Waals surface area contributed by atoms with Gasteiger partial charge >= 0.3 is 0 Å². The minimum absolute atomic E-state index is 0.512. The number of terminal acetylenes is 1. The Morgan fingerprint density at radius 1 is 1.24 bits per heavy atom. The van der Waals surface area contributed by atoms with Gasteiger partial charge in [0, 0.05) is 16.5 Å². The molecule has 0 unspecified atom stereocenters. The van der Waals surface area contributed by atoms with Crippen molar-refractivity contribution in [2.45, 2.75) is 6.42 Å². The monoisotopic (exact) mass is 221 g/mol. The average molecular weight is 221 g/mol. The fourth-order valence-corrected chi connectivity index (χ4v) is 2.03. The van der Waals surface area contributed by atoms with E-state index in [-0.39, 0.29) is 0 Å². The molecule has 2 heterocycles. The summed E-state index contributed by atoms with van der Waals surface area (Å²) in [6.07, 6.45) is 7.51. The summed E-state index contributed by atoms with van der Waals surface area (Å²) in [7, 11) is 0. The first-order valence-electron chi connectivity index (χ1n) is 5.46. The smallest absolute Gasteiger partial charge is 0.124 e. The third-order valence-electron chi connectivity index (χ3n) is 2.83. The third-order valence-corrected chi connectivity index (χ3v) is 2.83. The van der Waals surface area contributed by atoms with E-state index in [2.05, 4.69) is 29.1 Å². The van der Waals surface area contributed by atoms with Crippen molar-refractivity contribution in [2.24, 2.45) is 0 Å². The molecule has 0 aliphatic carbocycles. The Balaban J connectivity index is 2.14. The van der Waals surface area contributed by atoms with Crippen molar-refractivity contribution in [1.82, 2.24) is 4.98 Å². The van der Waals surface area contributed by atoms with Crippen molar-refractivity contribution < 1.29 is 4.42 Å². The van der Waals surface area contributed by atoms with Gasteiger partial charge in [-0.1, -0.05) is 24.1 Å². The number of benzene rings is 1. The highest BCUT2D eigenvalue weighted by Crippen LogP contribution is 2.27. The second-order valence-electron chi connectivity index (χ2n) is 3.91. The second kappa shape index (κ2) is 3.88. The largest absolute Gasteiger partial charge is 0.468 e. The van der Waals surface area contributed by atoms with Gasteiger partial charge in [-0.05, 0) is 18.2 Å². The van der Waals surface area contributed by atoms with Crippen LogP contribution in [0.5, 0.6) is 0 Å². The topological polar surface area (TPSA) is 28.9 Å². The quantitative estimate of drug-likeness (QED) is 0.658. The van der Waals surface area contributed by atoms with Crippen LogP contribution in [0.25, 0.3) is 22.2 Å². The Kier molecular flexibility index (Phi) is 2.23. The Labute approximate surface area is 99.3 Å². The minimum atomic E-state index is 0.512. The molecule has 0 saturated heterocycles. The first kappa shape index (κ1) is 9.80. The molecule has 0 amide bonds. The normalized spacial score (nSPS) is 10.5. The van der Waals surface area contributed by atoms with Gasteiger partial charge in [0.25, 0.3) is 0 Å². The highest BCUT2D eigenvalue weighted by Gasteiger charge is 2.09. The summed E-state index contributed by atoms with van der Waals surface area (Å²) >= 11 is 0. The van der Waals surface area contributed by atoms with Crippen LogP contribution in [0.2, 0.25) is 0 Å². The second-order valence-corrected chi connectivity index (χ2v) is 3.91. The zero-order valence-electron chi connectivity index (χ0n) is 9.23. The van der Waals surface area contributed by atoms with Crippen molar-refractivity contribution in [3.8, 4) is 23.6 Å². The molecule has 2 aromatic heterocycles. The summed E-state index contributed by atoms with van der Waals surface area (Å²) in [5.74, 6) is 3.44. The molecule has 0 fully saturated rings. The molecule has 0 saturated carbocycles. The molecule has 0 bridgehead atoms. The minimum Gasteiger partial charge on any atom is -0.468 e. The maximum atomic E-state index is 5.39. The summed E-state index contributed by atoms with van der Waals surface area (Å²) in [4.78, 5) is 3.37. The summed E-state index contributed by atoms with van der Waals surface area (Å²) in [6, 6.07) is 12.2. The molecule has 17 heavy (non-hydrogen) atoms. The van der Waals surface area contributed by atoms with E-state index in [4.69, 9.17) is 10.8 Å². The molecule has 0 aliphatic heterocycles. The Bertz CT molecular complexity index is 664. The van der Waals surface area contributed by atoms with E-state index in [1.807, 2.05) is 18.2 Å². The van der Waals surface area contributed by atoms with Crippen LogP contribution in [0.4, 0.5) is 0 Å². The molecule has 0 aliphatic rings. The van der Waals surface area contributed by atoms with Crippen LogP contribution in [-0.2, 0) is 6.42 Å². The number of H-pyrrole nitrogens is 1. The SMILES string of the molecule is C#CCc1occc1-c1cc2ccccc2[nH]1. The van der Waals surface area contributed by atoms with Gasteiger partial charge < -0.3 is 9.40 Å². The highest BCUT2D eigenvalue weighted by molar-refractivity contribution is 5.86. The fraction of sp³-hybridized carbons (Fsp3) is 0.0667. The highest BCUT2D eigenvalue weighted by atomic mass is 16.3. The molecular weight excluding hydrogens is 210 g/mol. The lowest BCUT2D eigenvalue weighted by atomic mass is 10.1. The van der Waals surface area contributed by atoms with E-state index < -0.39 is 0 Å². The predicted molar refractivity (Wildman–Crippen MR) is 68.5 cm³/mol. The van der Waals surface area contributed by atoms with Crippen LogP contribution in [-0.4, -0.2) is 4.98 Å². The maximum absolute atomic E-state index is 5.39. The number of aromatic nitrogens is 1.